The maximum atomic E-state index is 12.7. The standard InChI is InChI=1S/C25H35ClN6O4S/c1-5-9-27-25(34)32-13-11-31(12-14-32)22-16-21(26)28-24(29-22)37-17-23(33)30(2)10-8-18-6-7-19(35-3)20(15-18)36-4/h6-7,15-16H,5,8-14,17H2,1-4H3,(H,27,34). The molecule has 0 spiro atoms. The SMILES string of the molecule is CCCNC(=O)N1CCN(c2cc(Cl)nc(SCC(=O)N(C)CCc3ccc(OC)c(OC)c3)n2)CC1. The number of urea groups is 1. The number of hydrogen-bond acceptors (Lipinski definition) is 8. The van der Waals surface area contributed by atoms with Crippen LogP contribution < -0.4 is 19.7 Å². The number of likely N-dealkylation sites (N-methyl/N-ethyl adjacent to an activating group) is 1. The molecule has 2 aromatic rings. The fourth-order valence-corrected chi connectivity index (χ4v) is 4.81. The molecule has 202 valence electrons. The molecule has 37 heavy (non-hydrogen) atoms. The van der Waals surface area contributed by atoms with Gasteiger partial charge in [-0.3, -0.25) is 4.79 Å². The molecule has 0 radical (unpaired) electrons. The molecule has 12 heteroatoms. The first kappa shape index (κ1) is 28.6. The Labute approximate surface area is 227 Å². The molecule has 1 aliphatic rings. The molecule has 0 aliphatic carbocycles. The molecule has 1 N–H and O–H groups in total. The van der Waals surface area contributed by atoms with E-state index in [1.807, 2.05) is 25.1 Å². The third kappa shape index (κ3) is 8.29. The largest absolute Gasteiger partial charge is 0.493 e. The number of methoxy groups -OCH3 is 2. The number of benzene rings is 1. The van der Waals surface area contributed by atoms with Crippen molar-refractivity contribution in [3.8, 4) is 11.5 Å². The highest BCUT2D eigenvalue weighted by atomic mass is 35.5. The summed E-state index contributed by atoms with van der Waals surface area (Å²) in [4.78, 5) is 39.4. The van der Waals surface area contributed by atoms with Crippen LogP contribution in [0.2, 0.25) is 5.15 Å². The van der Waals surface area contributed by atoms with Crippen LogP contribution >= 0.6 is 23.4 Å². The Bertz CT molecular complexity index is 1070. The van der Waals surface area contributed by atoms with E-state index >= 15 is 0 Å². The molecule has 1 aliphatic heterocycles. The average Bonchev–Trinajstić information content (AvgIpc) is 2.92. The predicted molar refractivity (Wildman–Crippen MR) is 146 cm³/mol. The fourth-order valence-electron chi connectivity index (χ4n) is 3.79. The van der Waals surface area contributed by atoms with E-state index in [1.165, 1.54) is 11.8 Å². The number of halogens is 1. The van der Waals surface area contributed by atoms with Gasteiger partial charge in [0, 0.05) is 52.4 Å². The number of carbonyl (C=O) groups is 2. The summed E-state index contributed by atoms with van der Waals surface area (Å²) in [6.45, 7) is 5.76. The van der Waals surface area contributed by atoms with E-state index in [-0.39, 0.29) is 17.7 Å². The monoisotopic (exact) mass is 550 g/mol. The number of thioether (sulfide) groups is 1. The quantitative estimate of drug-likeness (QED) is 0.259. The summed E-state index contributed by atoms with van der Waals surface area (Å²) >= 11 is 7.53. The van der Waals surface area contributed by atoms with Crippen LogP contribution in [-0.2, 0) is 11.2 Å². The number of ether oxygens (including phenoxy) is 2. The van der Waals surface area contributed by atoms with Gasteiger partial charge < -0.3 is 29.5 Å². The van der Waals surface area contributed by atoms with Crippen LogP contribution in [0.15, 0.2) is 29.4 Å². The molecular formula is C25H35ClN6O4S. The zero-order valence-corrected chi connectivity index (χ0v) is 23.4. The zero-order valence-electron chi connectivity index (χ0n) is 21.8. The second-order valence-corrected chi connectivity index (χ2v) is 9.91. The molecule has 0 atom stereocenters. The van der Waals surface area contributed by atoms with Gasteiger partial charge in [0.15, 0.2) is 16.7 Å². The number of carbonyl (C=O) groups excluding carboxylic acids is 2. The van der Waals surface area contributed by atoms with Crippen LogP contribution in [-0.4, -0.2) is 98.0 Å². The molecule has 1 aromatic carbocycles. The van der Waals surface area contributed by atoms with E-state index in [1.54, 1.807) is 37.1 Å². The third-order valence-corrected chi connectivity index (χ3v) is 7.04. The van der Waals surface area contributed by atoms with Gasteiger partial charge in [-0.25, -0.2) is 14.8 Å². The van der Waals surface area contributed by atoms with Crippen molar-refractivity contribution in [3.63, 3.8) is 0 Å². The Morgan fingerprint density at radius 3 is 2.51 bits per heavy atom. The molecule has 3 rings (SSSR count). The van der Waals surface area contributed by atoms with Crippen molar-refractivity contribution in [2.45, 2.75) is 24.9 Å². The van der Waals surface area contributed by atoms with E-state index in [0.29, 0.717) is 73.3 Å². The molecule has 10 nitrogen and oxygen atoms in total. The maximum Gasteiger partial charge on any atom is 0.317 e. The summed E-state index contributed by atoms with van der Waals surface area (Å²) in [5.74, 6) is 2.22. The van der Waals surface area contributed by atoms with Crippen molar-refractivity contribution < 1.29 is 19.1 Å². The lowest BCUT2D eigenvalue weighted by atomic mass is 10.1. The number of nitrogens with zero attached hydrogens (tertiary/aromatic N) is 5. The number of anilines is 1. The molecule has 0 bridgehead atoms. The predicted octanol–water partition coefficient (Wildman–Crippen LogP) is 3.18. The highest BCUT2D eigenvalue weighted by Crippen LogP contribution is 2.28. The normalized spacial score (nSPS) is 13.3. The first-order chi connectivity index (χ1) is 17.8. The Morgan fingerprint density at radius 2 is 1.84 bits per heavy atom. The maximum absolute atomic E-state index is 12.7. The van der Waals surface area contributed by atoms with Gasteiger partial charge >= 0.3 is 6.03 Å². The molecular weight excluding hydrogens is 516 g/mol. The van der Waals surface area contributed by atoms with Crippen molar-refractivity contribution in [2.75, 3.05) is 71.2 Å². The topological polar surface area (TPSA) is 100 Å². The Balaban J connectivity index is 1.50. The van der Waals surface area contributed by atoms with Gasteiger partial charge in [-0.05, 0) is 30.5 Å². The lowest BCUT2D eigenvalue weighted by Crippen LogP contribution is -2.52. The van der Waals surface area contributed by atoms with E-state index in [4.69, 9.17) is 21.1 Å². The molecule has 1 fully saturated rings. The summed E-state index contributed by atoms with van der Waals surface area (Å²) < 4.78 is 10.6. The third-order valence-electron chi connectivity index (χ3n) is 6.01. The zero-order chi connectivity index (χ0) is 26.8. The van der Waals surface area contributed by atoms with E-state index in [2.05, 4.69) is 20.2 Å². The van der Waals surface area contributed by atoms with Gasteiger partial charge in [0.05, 0.1) is 20.0 Å². The first-order valence-electron chi connectivity index (χ1n) is 12.2. The minimum Gasteiger partial charge on any atom is -0.493 e. The number of hydrogen-bond donors (Lipinski definition) is 1. The molecule has 2 heterocycles. The highest BCUT2D eigenvalue weighted by molar-refractivity contribution is 7.99. The van der Waals surface area contributed by atoms with E-state index in [0.717, 1.165) is 12.0 Å². The van der Waals surface area contributed by atoms with Gasteiger partial charge in [-0.2, -0.15) is 0 Å². The molecule has 0 unspecified atom stereocenters. The number of nitrogens with one attached hydrogen (secondary N) is 1. The van der Waals surface area contributed by atoms with Crippen molar-refractivity contribution in [2.24, 2.45) is 0 Å². The second kappa shape index (κ2) is 14.1. The molecule has 1 saturated heterocycles. The second-order valence-electron chi connectivity index (χ2n) is 8.58. The average molecular weight is 551 g/mol. The Morgan fingerprint density at radius 1 is 1.11 bits per heavy atom. The van der Waals surface area contributed by atoms with Crippen LogP contribution in [0, 0.1) is 0 Å². The summed E-state index contributed by atoms with van der Waals surface area (Å²) in [5, 5.41) is 3.69. The molecule has 3 amide bonds. The van der Waals surface area contributed by atoms with Crippen LogP contribution in [0.1, 0.15) is 18.9 Å². The van der Waals surface area contributed by atoms with Crippen LogP contribution in [0.3, 0.4) is 0 Å². The smallest absolute Gasteiger partial charge is 0.317 e. The van der Waals surface area contributed by atoms with Crippen LogP contribution in [0.25, 0.3) is 0 Å². The summed E-state index contributed by atoms with van der Waals surface area (Å²) in [6, 6.07) is 7.43. The van der Waals surface area contributed by atoms with Crippen LogP contribution in [0.5, 0.6) is 11.5 Å². The lowest BCUT2D eigenvalue weighted by Gasteiger charge is -2.35. The minimum atomic E-state index is -0.0350. The Kier molecular flexibility index (Phi) is 10.9. The van der Waals surface area contributed by atoms with Gasteiger partial charge in [-0.1, -0.05) is 36.4 Å². The summed E-state index contributed by atoms with van der Waals surface area (Å²) in [6.07, 6.45) is 1.59. The number of aromatic nitrogens is 2. The van der Waals surface area contributed by atoms with Gasteiger partial charge in [0.2, 0.25) is 5.91 Å². The van der Waals surface area contributed by atoms with E-state index < -0.39 is 0 Å². The minimum absolute atomic E-state index is 0.0256. The fraction of sp³-hybridized carbons (Fsp3) is 0.520. The van der Waals surface area contributed by atoms with E-state index in [9.17, 15) is 9.59 Å². The highest BCUT2D eigenvalue weighted by Gasteiger charge is 2.22. The van der Waals surface area contributed by atoms with Gasteiger partial charge in [0.1, 0.15) is 11.0 Å². The summed E-state index contributed by atoms with van der Waals surface area (Å²) in [5.41, 5.74) is 1.05. The van der Waals surface area contributed by atoms with Crippen molar-refractivity contribution in [3.05, 3.63) is 35.0 Å². The molecule has 1 aromatic heterocycles. The molecule has 0 saturated carbocycles. The lowest BCUT2D eigenvalue weighted by molar-refractivity contribution is -0.127. The van der Waals surface area contributed by atoms with Gasteiger partial charge in [-0.15, -0.1) is 0 Å². The van der Waals surface area contributed by atoms with Crippen molar-refractivity contribution in [1.29, 1.82) is 0 Å². The summed E-state index contributed by atoms with van der Waals surface area (Å²) in [7, 11) is 4.98. The van der Waals surface area contributed by atoms with Crippen molar-refractivity contribution >= 4 is 41.1 Å². The Hall–Kier alpha value is -2.92. The number of rotatable bonds is 11. The first-order valence-corrected chi connectivity index (χ1v) is 13.6. The van der Waals surface area contributed by atoms with Gasteiger partial charge in [0.25, 0.3) is 0 Å². The number of amides is 3. The van der Waals surface area contributed by atoms with Crippen LogP contribution in [0.4, 0.5) is 10.6 Å². The van der Waals surface area contributed by atoms with Crippen molar-refractivity contribution in [1.82, 2.24) is 25.1 Å². The number of piperazine rings is 1.